The molecule has 0 unspecified atom stereocenters. The van der Waals surface area contributed by atoms with Gasteiger partial charge < -0.3 is 48.3 Å². The van der Waals surface area contributed by atoms with E-state index in [4.69, 9.17) is 11.5 Å². The zero-order chi connectivity index (χ0) is 32.5. The molecule has 0 saturated heterocycles. The predicted octanol–water partition coefficient (Wildman–Crippen LogP) is -2.34. The quantitative estimate of drug-likeness (QED) is 0.0457. The number of benzene rings is 1. The maximum atomic E-state index is 13.1. The summed E-state index contributed by atoms with van der Waals surface area (Å²) in [4.78, 5) is 78.3. The van der Waals surface area contributed by atoms with Gasteiger partial charge in [-0.15, -0.1) is 0 Å². The topological polar surface area (TPSA) is 267 Å². The molecule has 0 aliphatic heterocycles. The molecule has 43 heavy (non-hydrogen) atoms. The van der Waals surface area contributed by atoms with Crippen LogP contribution in [-0.4, -0.2) is 96.0 Å². The average Bonchev–Trinajstić information content (AvgIpc) is 2.93. The zero-order valence-electron chi connectivity index (χ0n) is 24.5. The van der Waals surface area contributed by atoms with E-state index in [0.29, 0.717) is 24.9 Å². The third kappa shape index (κ3) is 14.1. The molecule has 0 aliphatic carbocycles. The lowest BCUT2D eigenvalue weighted by molar-refractivity contribution is -0.144. The summed E-state index contributed by atoms with van der Waals surface area (Å²) in [5.41, 5.74) is 11.2. The van der Waals surface area contributed by atoms with E-state index >= 15 is 0 Å². The first-order valence-electron chi connectivity index (χ1n) is 13.6. The highest BCUT2D eigenvalue weighted by molar-refractivity contribution is 5.96. The highest BCUT2D eigenvalue weighted by Crippen LogP contribution is 2.08. The van der Waals surface area contributed by atoms with E-state index in [1.807, 2.05) is 0 Å². The fraction of sp³-hybridized carbons (Fsp3) is 0.519. The molecule has 0 spiro atoms. The summed E-state index contributed by atoms with van der Waals surface area (Å²) < 4.78 is 0. The number of aliphatic imine (C=N–C) groups is 1. The van der Waals surface area contributed by atoms with Crippen LogP contribution in [0.2, 0.25) is 0 Å². The number of likely N-dealkylation sites (N-methyl/N-ethyl adjacent to an activating group) is 1. The molecule has 0 saturated carbocycles. The van der Waals surface area contributed by atoms with Crippen molar-refractivity contribution in [3.63, 3.8) is 0 Å². The maximum Gasteiger partial charge on any atom is 0.326 e. The molecule has 16 heteroatoms. The van der Waals surface area contributed by atoms with Gasteiger partial charge in [0.25, 0.3) is 0 Å². The third-order valence-corrected chi connectivity index (χ3v) is 6.21. The van der Waals surface area contributed by atoms with E-state index in [-0.39, 0.29) is 12.4 Å². The highest BCUT2D eigenvalue weighted by atomic mass is 16.4. The molecule has 0 heterocycles. The van der Waals surface area contributed by atoms with Gasteiger partial charge in [-0.2, -0.15) is 0 Å². The number of hydrogen-bond donors (Lipinski definition) is 9. The Morgan fingerprint density at radius 1 is 0.860 bits per heavy atom. The van der Waals surface area contributed by atoms with Crippen LogP contribution in [0.15, 0.2) is 35.3 Å². The normalized spacial score (nSPS) is 13.5. The van der Waals surface area contributed by atoms with Crippen LogP contribution >= 0.6 is 0 Å². The molecule has 238 valence electrons. The summed E-state index contributed by atoms with van der Waals surface area (Å²) in [6, 6.07) is 3.76. The number of nitrogens with one attached hydrogen (secondary N) is 5. The van der Waals surface area contributed by atoms with Crippen molar-refractivity contribution in [1.82, 2.24) is 26.6 Å². The molecule has 1 aromatic carbocycles. The molecular formula is C27H42N8O8. The third-order valence-electron chi connectivity index (χ3n) is 6.21. The molecular weight excluding hydrogens is 564 g/mol. The lowest BCUT2D eigenvalue weighted by Crippen LogP contribution is -2.58. The second-order valence-electron chi connectivity index (χ2n) is 10.0. The first-order valence-corrected chi connectivity index (χ1v) is 13.6. The molecule has 0 aromatic heterocycles. The van der Waals surface area contributed by atoms with Gasteiger partial charge in [-0.25, -0.2) is 4.79 Å². The number of aliphatic carboxylic acids is 2. The summed E-state index contributed by atoms with van der Waals surface area (Å²) >= 11 is 0. The SMILES string of the molecule is CN[C@@H](CCCN=C(N)N)C(=O)NCC(=O)N[C@@H](CC(=O)O)C(=O)N[C@H](Cc1ccccc1)C(=O)N[C@H](C(=O)O)C(C)C. The maximum absolute atomic E-state index is 13.1. The Bertz CT molecular complexity index is 1140. The first-order chi connectivity index (χ1) is 20.2. The average molecular weight is 607 g/mol. The summed E-state index contributed by atoms with van der Waals surface area (Å²) in [6.07, 6.45) is -0.0265. The van der Waals surface area contributed by atoms with Gasteiger partial charge in [0, 0.05) is 13.0 Å². The van der Waals surface area contributed by atoms with Crippen molar-refractivity contribution in [2.75, 3.05) is 20.1 Å². The lowest BCUT2D eigenvalue weighted by atomic mass is 10.0. The standard InChI is InChI=1S/C27H42N8O8/c1-15(2)22(26(42)43)35-25(41)18(12-16-8-5-4-6-9-16)34-24(40)19(13-21(37)38)33-20(36)14-32-23(39)17(30-3)10-7-11-31-27(28)29/h4-6,8-9,15,17-19,22,30H,7,10-14H2,1-3H3,(H,32,39)(H,33,36)(H,34,40)(H,35,41)(H,37,38)(H,42,43)(H4,28,29,31)/t17-,18+,19-,22-/m0/s1. The van der Waals surface area contributed by atoms with Crippen LogP contribution in [0.3, 0.4) is 0 Å². The number of carboxylic acid groups (broad SMARTS) is 2. The van der Waals surface area contributed by atoms with Crippen molar-refractivity contribution in [1.29, 1.82) is 0 Å². The van der Waals surface area contributed by atoms with Gasteiger partial charge in [0.05, 0.1) is 19.0 Å². The molecule has 0 fully saturated rings. The molecule has 0 radical (unpaired) electrons. The van der Waals surface area contributed by atoms with Crippen LogP contribution in [0.1, 0.15) is 38.7 Å². The van der Waals surface area contributed by atoms with Crippen molar-refractivity contribution in [3.8, 4) is 0 Å². The Kier molecular flexibility index (Phi) is 15.7. The van der Waals surface area contributed by atoms with Gasteiger partial charge in [-0.3, -0.25) is 29.0 Å². The minimum atomic E-state index is -1.60. The Balaban J connectivity index is 2.96. The van der Waals surface area contributed by atoms with E-state index in [0.717, 1.165) is 0 Å². The Hall–Kier alpha value is -4.73. The monoisotopic (exact) mass is 606 g/mol. The lowest BCUT2D eigenvalue weighted by Gasteiger charge is -2.25. The first kappa shape index (κ1) is 36.3. The number of hydrogen-bond acceptors (Lipinski definition) is 8. The molecule has 11 N–H and O–H groups in total. The number of carbonyl (C=O) groups is 6. The number of nitrogens with two attached hydrogens (primary N) is 2. The van der Waals surface area contributed by atoms with Gasteiger partial charge >= 0.3 is 11.9 Å². The minimum absolute atomic E-state index is 0.0404. The predicted molar refractivity (Wildman–Crippen MR) is 156 cm³/mol. The number of guanidine groups is 1. The molecule has 0 aliphatic rings. The van der Waals surface area contributed by atoms with Crippen molar-refractivity contribution in [3.05, 3.63) is 35.9 Å². The summed E-state index contributed by atoms with van der Waals surface area (Å²) in [5.74, 6) is -6.36. The van der Waals surface area contributed by atoms with Crippen LogP contribution in [0.4, 0.5) is 0 Å². The molecule has 16 nitrogen and oxygen atoms in total. The second-order valence-corrected chi connectivity index (χ2v) is 10.0. The van der Waals surface area contributed by atoms with Gasteiger partial charge in [-0.05, 0) is 31.4 Å². The van der Waals surface area contributed by atoms with E-state index in [1.165, 1.54) is 0 Å². The number of rotatable bonds is 19. The molecule has 4 amide bonds. The van der Waals surface area contributed by atoms with Crippen molar-refractivity contribution < 1.29 is 39.0 Å². The Labute approximate surface area is 249 Å². The summed E-state index contributed by atoms with van der Waals surface area (Å²) in [6.45, 7) is 2.95. The van der Waals surface area contributed by atoms with Crippen molar-refractivity contribution >= 4 is 41.5 Å². The van der Waals surface area contributed by atoms with Gasteiger partial charge in [0.2, 0.25) is 23.6 Å². The number of carboxylic acids is 2. The van der Waals surface area contributed by atoms with Crippen LogP contribution in [0.5, 0.6) is 0 Å². The Morgan fingerprint density at radius 3 is 2.02 bits per heavy atom. The van der Waals surface area contributed by atoms with E-state index in [9.17, 15) is 39.0 Å². The van der Waals surface area contributed by atoms with Crippen LogP contribution in [0.25, 0.3) is 0 Å². The van der Waals surface area contributed by atoms with E-state index in [2.05, 4.69) is 31.6 Å². The number of carbonyl (C=O) groups excluding carboxylic acids is 4. The van der Waals surface area contributed by atoms with Gasteiger partial charge in [0.15, 0.2) is 5.96 Å². The summed E-state index contributed by atoms with van der Waals surface area (Å²) in [5, 5.41) is 31.2. The molecule has 1 aromatic rings. The highest BCUT2D eigenvalue weighted by Gasteiger charge is 2.32. The summed E-state index contributed by atoms with van der Waals surface area (Å²) in [7, 11) is 1.56. The van der Waals surface area contributed by atoms with Crippen molar-refractivity contribution in [2.24, 2.45) is 22.4 Å². The van der Waals surface area contributed by atoms with Gasteiger partial charge in [0.1, 0.15) is 18.1 Å². The fourth-order valence-corrected chi connectivity index (χ4v) is 3.93. The van der Waals surface area contributed by atoms with E-state index < -0.39 is 78.6 Å². The number of amides is 4. The zero-order valence-corrected chi connectivity index (χ0v) is 24.5. The fourth-order valence-electron chi connectivity index (χ4n) is 3.93. The molecule has 4 atom stereocenters. The van der Waals surface area contributed by atoms with Crippen LogP contribution < -0.4 is 38.1 Å². The minimum Gasteiger partial charge on any atom is -0.481 e. The van der Waals surface area contributed by atoms with E-state index in [1.54, 1.807) is 51.2 Å². The number of nitrogens with zero attached hydrogens (tertiary/aromatic N) is 1. The Morgan fingerprint density at radius 2 is 1.49 bits per heavy atom. The van der Waals surface area contributed by atoms with Crippen LogP contribution in [0, 0.1) is 5.92 Å². The largest absolute Gasteiger partial charge is 0.481 e. The molecule has 0 bridgehead atoms. The second kappa shape index (κ2) is 18.7. The smallest absolute Gasteiger partial charge is 0.326 e. The molecule has 1 rings (SSSR count). The van der Waals surface area contributed by atoms with Gasteiger partial charge in [-0.1, -0.05) is 44.2 Å². The van der Waals surface area contributed by atoms with Crippen LogP contribution in [-0.2, 0) is 35.2 Å². The van der Waals surface area contributed by atoms with Crippen molar-refractivity contribution in [2.45, 2.75) is 63.7 Å².